The van der Waals surface area contributed by atoms with Crippen molar-refractivity contribution >= 4 is 34.8 Å². The minimum Gasteiger partial charge on any atom is -0.489 e. The van der Waals surface area contributed by atoms with Gasteiger partial charge < -0.3 is 19.9 Å². The summed E-state index contributed by atoms with van der Waals surface area (Å²) in [6, 6.07) is 6.40. The number of ether oxygens (including phenoxy) is 2. The highest BCUT2D eigenvalue weighted by molar-refractivity contribution is 7.15. The van der Waals surface area contributed by atoms with E-state index in [1.807, 2.05) is 0 Å². The fourth-order valence-electron chi connectivity index (χ4n) is 2.23. The number of hydrogen-bond donors (Lipinski definition) is 2. The predicted molar refractivity (Wildman–Crippen MR) is 89.5 cm³/mol. The molecular formula is C16H14ClNO5S. The van der Waals surface area contributed by atoms with Gasteiger partial charge in [0.15, 0.2) is 11.5 Å². The molecule has 0 atom stereocenters. The van der Waals surface area contributed by atoms with Crippen LogP contribution in [0.25, 0.3) is 0 Å². The number of fused-ring (bicyclic) bond motifs is 1. The number of amides is 1. The van der Waals surface area contributed by atoms with E-state index in [2.05, 4.69) is 5.32 Å². The van der Waals surface area contributed by atoms with E-state index < -0.39 is 5.97 Å². The molecule has 0 aliphatic carbocycles. The third-order valence-corrected chi connectivity index (χ3v) is 4.71. The first-order valence-electron chi connectivity index (χ1n) is 7.24. The summed E-state index contributed by atoms with van der Waals surface area (Å²) < 4.78 is 11.2. The fraction of sp³-hybridized carbons (Fsp3) is 0.250. The monoisotopic (exact) mass is 367 g/mol. The molecule has 6 nitrogen and oxygen atoms in total. The van der Waals surface area contributed by atoms with Crippen molar-refractivity contribution in [1.82, 2.24) is 5.32 Å². The van der Waals surface area contributed by atoms with Crippen molar-refractivity contribution in [2.45, 2.75) is 13.0 Å². The van der Waals surface area contributed by atoms with Crippen molar-refractivity contribution in [3.05, 3.63) is 44.6 Å². The molecule has 1 aromatic carbocycles. The number of nitrogens with one attached hydrogen (secondary N) is 1. The zero-order chi connectivity index (χ0) is 17.1. The summed E-state index contributed by atoms with van der Waals surface area (Å²) in [5, 5.41) is 12.1. The van der Waals surface area contributed by atoms with Crippen LogP contribution in [0.1, 0.15) is 31.3 Å². The van der Waals surface area contributed by atoms with Crippen molar-refractivity contribution in [3.8, 4) is 11.5 Å². The van der Waals surface area contributed by atoms with Gasteiger partial charge in [-0.15, -0.1) is 11.3 Å². The Balaban J connectivity index is 1.70. The van der Waals surface area contributed by atoms with Crippen LogP contribution in [0.4, 0.5) is 0 Å². The molecule has 0 bridgehead atoms. The van der Waals surface area contributed by atoms with Crippen molar-refractivity contribution < 1.29 is 24.2 Å². The lowest BCUT2D eigenvalue weighted by Crippen LogP contribution is -2.21. The van der Waals surface area contributed by atoms with E-state index in [1.165, 1.54) is 12.1 Å². The number of rotatable bonds is 4. The molecule has 1 aromatic heterocycles. The van der Waals surface area contributed by atoms with Gasteiger partial charge in [-0.2, -0.15) is 0 Å². The Morgan fingerprint density at radius 1 is 1.21 bits per heavy atom. The highest BCUT2D eigenvalue weighted by Gasteiger charge is 2.17. The highest BCUT2D eigenvalue weighted by atomic mass is 35.5. The summed E-state index contributed by atoms with van der Waals surface area (Å²) >= 11 is 7.14. The third kappa shape index (κ3) is 3.63. The van der Waals surface area contributed by atoms with Crippen LogP contribution in [0, 0.1) is 0 Å². The third-order valence-electron chi connectivity index (χ3n) is 3.36. The van der Waals surface area contributed by atoms with Gasteiger partial charge >= 0.3 is 5.97 Å². The smallest absolute Gasteiger partial charge is 0.345 e. The van der Waals surface area contributed by atoms with Crippen molar-refractivity contribution in [3.63, 3.8) is 0 Å². The van der Waals surface area contributed by atoms with Gasteiger partial charge in [-0.3, -0.25) is 4.79 Å². The molecule has 2 N–H and O–H groups in total. The first-order chi connectivity index (χ1) is 11.5. The topological polar surface area (TPSA) is 84.9 Å². The second-order valence-electron chi connectivity index (χ2n) is 5.11. The zero-order valence-electron chi connectivity index (χ0n) is 12.5. The van der Waals surface area contributed by atoms with Crippen molar-refractivity contribution in [2.24, 2.45) is 0 Å². The largest absolute Gasteiger partial charge is 0.489 e. The van der Waals surface area contributed by atoms with E-state index in [1.54, 1.807) is 12.1 Å². The minimum absolute atomic E-state index is 0.124. The average Bonchev–Trinajstić information content (AvgIpc) is 2.93. The highest BCUT2D eigenvalue weighted by Crippen LogP contribution is 2.37. The molecule has 2 aromatic rings. The van der Waals surface area contributed by atoms with E-state index in [4.69, 9.17) is 26.2 Å². The summed E-state index contributed by atoms with van der Waals surface area (Å²) in [7, 11) is 0. The SMILES string of the molecule is O=C(O)c1ccc(C(=O)NCc2cc(Cl)c3c(c2)OCCCO3)s1. The maximum atomic E-state index is 12.1. The van der Waals surface area contributed by atoms with Gasteiger partial charge in [-0.05, 0) is 29.8 Å². The van der Waals surface area contributed by atoms with Crippen LogP contribution in [0.2, 0.25) is 5.02 Å². The number of carboxylic acid groups (broad SMARTS) is 1. The molecular weight excluding hydrogens is 354 g/mol. The van der Waals surface area contributed by atoms with Crippen LogP contribution >= 0.6 is 22.9 Å². The van der Waals surface area contributed by atoms with Gasteiger partial charge in [-0.1, -0.05) is 11.6 Å². The van der Waals surface area contributed by atoms with E-state index in [0.717, 1.165) is 23.3 Å². The number of benzene rings is 1. The van der Waals surface area contributed by atoms with Gasteiger partial charge in [0.25, 0.3) is 5.91 Å². The van der Waals surface area contributed by atoms with Crippen molar-refractivity contribution in [1.29, 1.82) is 0 Å². The average molecular weight is 368 g/mol. The number of hydrogen-bond acceptors (Lipinski definition) is 5. The lowest BCUT2D eigenvalue weighted by molar-refractivity contribution is 0.0702. The lowest BCUT2D eigenvalue weighted by Gasteiger charge is -2.12. The van der Waals surface area contributed by atoms with E-state index in [9.17, 15) is 9.59 Å². The Morgan fingerprint density at radius 2 is 1.96 bits per heavy atom. The lowest BCUT2D eigenvalue weighted by atomic mass is 10.2. The number of aromatic carboxylic acids is 1. The number of halogens is 1. The number of carbonyl (C=O) groups excluding carboxylic acids is 1. The molecule has 0 radical (unpaired) electrons. The maximum Gasteiger partial charge on any atom is 0.345 e. The molecule has 0 spiro atoms. The summed E-state index contributed by atoms with van der Waals surface area (Å²) in [5.74, 6) is -0.299. The molecule has 24 heavy (non-hydrogen) atoms. The van der Waals surface area contributed by atoms with Crippen LogP contribution in [-0.2, 0) is 6.54 Å². The molecule has 0 fully saturated rings. The number of thiophene rings is 1. The van der Waals surface area contributed by atoms with Gasteiger partial charge in [0.1, 0.15) is 4.88 Å². The molecule has 1 amide bonds. The molecule has 0 saturated carbocycles. The fourth-order valence-corrected chi connectivity index (χ4v) is 3.28. The molecule has 126 valence electrons. The van der Waals surface area contributed by atoms with Crippen LogP contribution in [0.5, 0.6) is 11.5 Å². The van der Waals surface area contributed by atoms with Gasteiger partial charge in [-0.25, -0.2) is 4.79 Å². The first kappa shape index (κ1) is 16.6. The second kappa shape index (κ2) is 7.11. The van der Waals surface area contributed by atoms with Gasteiger partial charge in [0.05, 0.1) is 23.1 Å². The predicted octanol–water partition coefficient (Wildman–Crippen LogP) is 3.19. The van der Waals surface area contributed by atoms with E-state index >= 15 is 0 Å². The summed E-state index contributed by atoms with van der Waals surface area (Å²) in [5.41, 5.74) is 0.771. The normalized spacial score (nSPS) is 13.2. The molecule has 1 aliphatic rings. The second-order valence-corrected chi connectivity index (χ2v) is 6.60. The summed E-state index contributed by atoms with van der Waals surface area (Å²) in [4.78, 5) is 23.4. The Hall–Kier alpha value is -2.25. The van der Waals surface area contributed by atoms with Crippen LogP contribution in [-0.4, -0.2) is 30.2 Å². The Bertz CT molecular complexity index is 789. The van der Waals surface area contributed by atoms with Crippen molar-refractivity contribution in [2.75, 3.05) is 13.2 Å². The number of carbonyl (C=O) groups is 2. The molecule has 1 aliphatic heterocycles. The van der Waals surface area contributed by atoms with E-state index in [0.29, 0.717) is 34.6 Å². The standard InChI is InChI=1S/C16H14ClNO5S/c17-10-6-9(7-11-14(10)23-5-1-4-22-11)8-18-15(19)12-2-3-13(24-12)16(20)21/h2-3,6-7H,1,4-5,8H2,(H,18,19)(H,20,21). The molecule has 8 heteroatoms. The summed E-state index contributed by atoms with van der Waals surface area (Å²) in [6.07, 6.45) is 0.779. The minimum atomic E-state index is -1.05. The van der Waals surface area contributed by atoms with Crippen LogP contribution in [0.15, 0.2) is 24.3 Å². The van der Waals surface area contributed by atoms with Crippen LogP contribution < -0.4 is 14.8 Å². The van der Waals surface area contributed by atoms with E-state index in [-0.39, 0.29) is 17.3 Å². The molecule has 2 heterocycles. The van der Waals surface area contributed by atoms with Gasteiger partial charge in [0.2, 0.25) is 0 Å². The van der Waals surface area contributed by atoms with Crippen LogP contribution in [0.3, 0.4) is 0 Å². The van der Waals surface area contributed by atoms with Gasteiger partial charge in [0, 0.05) is 13.0 Å². The summed E-state index contributed by atoms with van der Waals surface area (Å²) in [6.45, 7) is 1.34. The quantitative estimate of drug-likeness (QED) is 0.866. The Morgan fingerprint density at radius 3 is 2.71 bits per heavy atom. The molecule has 3 rings (SSSR count). The Kier molecular flexibility index (Phi) is 4.92. The molecule has 0 saturated heterocycles. The maximum absolute atomic E-state index is 12.1. The zero-order valence-corrected chi connectivity index (χ0v) is 14.1. The number of carboxylic acids is 1. The Labute approximate surface area is 147 Å². The first-order valence-corrected chi connectivity index (χ1v) is 8.43. The molecule has 0 unspecified atom stereocenters.